The molecule has 1 aliphatic heterocycles. The summed E-state index contributed by atoms with van der Waals surface area (Å²) in [5.74, 6) is 0.0286. The van der Waals surface area contributed by atoms with Crippen molar-refractivity contribution in [3.63, 3.8) is 0 Å². The van der Waals surface area contributed by atoms with Gasteiger partial charge in [0.15, 0.2) is 6.23 Å². The zero-order valence-corrected chi connectivity index (χ0v) is 19.6. The highest BCUT2D eigenvalue weighted by Crippen LogP contribution is 2.44. The van der Waals surface area contributed by atoms with Crippen LogP contribution < -0.4 is 0 Å². The van der Waals surface area contributed by atoms with Gasteiger partial charge < -0.3 is 15.1 Å². The summed E-state index contributed by atoms with van der Waals surface area (Å²) < 4.78 is 42.0. The van der Waals surface area contributed by atoms with Gasteiger partial charge in [0.25, 0.3) is 0 Å². The average Bonchev–Trinajstić information content (AvgIpc) is 3.58. The van der Waals surface area contributed by atoms with E-state index < -0.39 is 18.1 Å². The Labute approximate surface area is 200 Å². The molecule has 2 saturated carbocycles. The molecule has 0 spiro atoms. The smallest absolute Gasteiger partial charge is 0.393 e. The van der Waals surface area contributed by atoms with Crippen molar-refractivity contribution in [2.24, 2.45) is 5.92 Å². The fourth-order valence-electron chi connectivity index (χ4n) is 5.28. The highest BCUT2D eigenvalue weighted by Gasteiger charge is 2.40. The molecule has 3 fully saturated rings. The van der Waals surface area contributed by atoms with E-state index in [0.717, 1.165) is 36.3 Å². The number of pyridine rings is 1. The minimum Gasteiger partial charge on any atom is -0.393 e. The van der Waals surface area contributed by atoms with Crippen molar-refractivity contribution in [2.75, 3.05) is 19.6 Å². The maximum absolute atomic E-state index is 13.8. The summed E-state index contributed by atoms with van der Waals surface area (Å²) in [7, 11) is 0. The first-order valence-electron chi connectivity index (χ1n) is 11.7. The van der Waals surface area contributed by atoms with Gasteiger partial charge in [0.2, 0.25) is 5.91 Å². The summed E-state index contributed by atoms with van der Waals surface area (Å²) in [6.45, 7) is 2.60. The molecule has 2 aromatic heterocycles. The Morgan fingerprint density at radius 1 is 1.18 bits per heavy atom. The predicted molar refractivity (Wildman–Crippen MR) is 118 cm³/mol. The highest BCUT2D eigenvalue weighted by atomic mass is 35.5. The summed E-state index contributed by atoms with van der Waals surface area (Å²) in [6, 6.07) is 2.76. The van der Waals surface area contributed by atoms with Crippen LogP contribution in [-0.4, -0.2) is 67.3 Å². The Morgan fingerprint density at radius 2 is 1.91 bits per heavy atom. The number of piperazine rings is 1. The second-order valence-electron chi connectivity index (χ2n) is 9.88. The number of fused-ring (bicyclic) bond motifs is 1. The molecule has 2 N–H and O–H groups in total. The number of rotatable bonds is 4. The quantitative estimate of drug-likeness (QED) is 0.671. The molecule has 1 amide bonds. The van der Waals surface area contributed by atoms with Crippen LogP contribution in [-0.2, 0) is 11.0 Å². The van der Waals surface area contributed by atoms with Crippen LogP contribution in [0.5, 0.6) is 0 Å². The average molecular weight is 501 g/mol. The fourth-order valence-corrected chi connectivity index (χ4v) is 5.55. The summed E-state index contributed by atoms with van der Waals surface area (Å²) in [5.41, 5.74) is -0.344. The Bertz CT molecular complexity index is 1100. The lowest BCUT2D eigenvalue weighted by molar-refractivity contribution is -0.146. The summed E-state index contributed by atoms with van der Waals surface area (Å²) in [4.78, 5) is 16.2. The van der Waals surface area contributed by atoms with Crippen molar-refractivity contribution in [1.29, 1.82) is 0 Å². The van der Waals surface area contributed by atoms with Gasteiger partial charge in [-0.25, -0.2) is 4.52 Å². The van der Waals surface area contributed by atoms with Crippen LogP contribution in [0.3, 0.4) is 0 Å². The van der Waals surface area contributed by atoms with Gasteiger partial charge in [-0.3, -0.25) is 9.69 Å². The lowest BCUT2D eigenvalue weighted by atomic mass is 9.83. The van der Waals surface area contributed by atoms with E-state index in [1.807, 2.05) is 6.92 Å². The highest BCUT2D eigenvalue weighted by molar-refractivity contribution is 6.34. The minimum atomic E-state index is -4.63. The number of alkyl halides is 3. The SMILES string of the molecule is CC1CC(N2CCN(C(O)c3nn4c(C(F)(F)F)cc(C5CC5)cc4c3Cl)CC2=O)CCC1O. The monoisotopic (exact) mass is 500 g/mol. The molecule has 186 valence electrons. The summed E-state index contributed by atoms with van der Waals surface area (Å²) >= 11 is 6.45. The molecule has 2 aliphatic carbocycles. The largest absolute Gasteiger partial charge is 0.433 e. The minimum absolute atomic E-state index is 0.0366. The van der Waals surface area contributed by atoms with Crippen molar-refractivity contribution >= 4 is 23.0 Å². The van der Waals surface area contributed by atoms with Gasteiger partial charge in [-0.05, 0) is 61.6 Å². The number of nitrogens with zero attached hydrogens (tertiary/aromatic N) is 4. The first kappa shape index (κ1) is 23.8. The van der Waals surface area contributed by atoms with Crippen molar-refractivity contribution in [2.45, 2.75) is 69.5 Å². The second-order valence-corrected chi connectivity index (χ2v) is 10.3. The molecule has 4 unspecified atom stereocenters. The summed E-state index contributed by atoms with van der Waals surface area (Å²) in [5, 5.41) is 25.0. The molecular formula is C23H28ClF3N4O3. The zero-order valence-electron chi connectivity index (χ0n) is 18.8. The molecular weight excluding hydrogens is 473 g/mol. The molecule has 0 radical (unpaired) electrons. The number of halogens is 4. The molecule has 0 bridgehead atoms. The van der Waals surface area contributed by atoms with Gasteiger partial charge in [-0.1, -0.05) is 18.5 Å². The van der Waals surface area contributed by atoms with Crippen LogP contribution in [0.25, 0.3) is 5.52 Å². The third kappa shape index (κ3) is 4.29. The number of carbonyl (C=O) groups is 1. The number of aliphatic hydroxyl groups excluding tert-OH is 2. The Hall–Kier alpha value is -1.88. The third-order valence-corrected chi connectivity index (χ3v) is 7.86. The number of aliphatic hydroxyl groups is 2. The first-order chi connectivity index (χ1) is 16.0. The molecule has 1 saturated heterocycles. The molecule has 0 aromatic carbocycles. The van der Waals surface area contributed by atoms with Crippen molar-refractivity contribution in [1.82, 2.24) is 19.4 Å². The predicted octanol–water partition coefficient (Wildman–Crippen LogP) is 3.57. The number of amides is 1. The van der Waals surface area contributed by atoms with E-state index in [2.05, 4.69) is 5.10 Å². The van der Waals surface area contributed by atoms with Crippen LogP contribution in [0.1, 0.15) is 68.1 Å². The third-order valence-electron chi connectivity index (χ3n) is 7.47. The second kappa shape index (κ2) is 8.65. The Balaban J connectivity index is 1.38. The Morgan fingerprint density at radius 3 is 2.53 bits per heavy atom. The van der Waals surface area contributed by atoms with Gasteiger partial charge in [-0.15, -0.1) is 0 Å². The topological polar surface area (TPSA) is 81.3 Å². The van der Waals surface area contributed by atoms with Crippen LogP contribution in [0.15, 0.2) is 12.1 Å². The maximum Gasteiger partial charge on any atom is 0.433 e. The molecule has 4 atom stereocenters. The van der Waals surface area contributed by atoms with Crippen LogP contribution in [0.4, 0.5) is 13.2 Å². The maximum atomic E-state index is 13.8. The molecule has 5 rings (SSSR count). The van der Waals surface area contributed by atoms with Gasteiger partial charge in [0, 0.05) is 19.1 Å². The Kier molecular flexibility index (Phi) is 6.07. The summed E-state index contributed by atoms with van der Waals surface area (Å²) in [6.07, 6.45) is -2.64. The van der Waals surface area contributed by atoms with E-state index in [1.165, 1.54) is 4.90 Å². The zero-order chi connectivity index (χ0) is 24.4. The van der Waals surface area contributed by atoms with Crippen molar-refractivity contribution in [3.8, 4) is 0 Å². The molecule has 3 aliphatic rings. The standard InChI is InChI=1S/C23H28ClF3N4O3/c1-12-8-15(4-5-17(12)32)30-7-6-29(11-19(30)33)22(34)21-20(24)16-9-14(13-2-3-13)10-18(23(25,26)27)31(16)28-21/h9-10,12-13,15,17,22,32,34H,2-8,11H2,1H3. The fraction of sp³-hybridized carbons (Fsp3) is 0.652. The number of hydrogen-bond acceptors (Lipinski definition) is 5. The van der Waals surface area contributed by atoms with E-state index in [4.69, 9.17) is 11.6 Å². The van der Waals surface area contributed by atoms with E-state index in [1.54, 1.807) is 11.0 Å². The molecule has 7 nitrogen and oxygen atoms in total. The van der Waals surface area contributed by atoms with Gasteiger partial charge in [-0.2, -0.15) is 18.3 Å². The van der Waals surface area contributed by atoms with E-state index in [9.17, 15) is 28.2 Å². The molecule has 2 aromatic rings. The molecule has 34 heavy (non-hydrogen) atoms. The lowest BCUT2D eigenvalue weighted by Crippen LogP contribution is -2.56. The van der Waals surface area contributed by atoms with Crippen molar-refractivity contribution in [3.05, 3.63) is 34.1 Å². The van der Waals surface area contributed by atoms with E-state index in [-0.39, 0.29) is 52.7 Å². The van der Waals surface area contributed by atoms with Crippen molar-refractivity contribution < 1.29 is 28.2 Å². The van der Waals surface area contributed by atoms with Gasteiger partial charge >= 0.3 is 6.18 Å². The normalized spacial score (nSPS) is 28.0. The van der Waals surface area contributed by atoms with Crippen LogP contribution in [0.2, 0.25) is 5.02 Å². The van der Waals surface area contributed by atoms with Crippen LogP contribution >= 0.6 is 11.6 Å². The van der Waals surface area contributed by atoms with E-state index in [0.29, 0.717) is 25.1 Å². The van der Waals surface area contributed by atoms with Crippen LogP contribution in [0, 0.1) is 5.92 Å². The number of carbonyl (C=O) groups excluding carboxylic acids is 1. The first-order valence-corrected chi connectivity index (χ1v) is 12.1. The number of aromatic nitrogens is 2. The molecule has 11 heteroatoms. The number of hydrogen-bond donors (Lipinski definition) is 2. The van der Waals surface area contributed by atoms with E-state index >= 15 is 0 Å². The van der Waals surface area contributed by atoms with Gasteiger partial charge in [0.1, 0.15) is 11.4 Å². The van der Waals surface area contributed by atoms with Gasteiger partial charge in [0.05, 0.1) is 23.2 Å². The lowest BCUT2D eigenvalue weighted by Gasteiger charge is -2.43. The molecule has 3 heterocycles.